The van der Waals surface area contributed by atoms with Gasteiger partial charge in [0.15, 0.2) is 0 Å². The van der Waals surface area contributed by atoms with Crippen molar-refractivity contribution >= 4 is 22.9 Å². The molecule has 1 N–H and O–H groups in total. The third kappa shape index (κ3) is 2.36. The third-order valence-electron chi connectivity index (χ3n) is 3.68. The molecule has 2 aromatic heterocycles. The molecule has 0 unspecified atom stereocenters. The molecule has 6 nitrogen and oxygen atoms in total. The van der Waals surface area contributed by atoms with E-state index < -0.39 is 0 Å². The van der Waals surface area contributed by atoms with E-state index in [1.54, 1.807) is 17.8 Å². The molecule has 0 atom stereocenters. The maximum atomic E-state index is 12.4. The van der Waals surface area contributed by atoms with Crippen LogP contribution in [-0.4, -0.2) is 25.2 Å². The van der Waals surface area contributed by atoms with Crippen LogP contribution in [0.2, 0.25) is 0 Å². The van der Waals surface area contributed by atoms with Gasteiger partial charge in [-0.05, 0) is 44.5 Å². The van der Waals surface area contributed by atoms with Crippen molar-refractivity contribution in [2.24, 2.45) is 7.05 Å². The molecule has 0 aliphatic rings. The molecule has 1 aromatic carbocycles. The maximum Gasteiger partial charge on any atom is 0.276 e. The van der Waals surface area contributed by atoms with Gasteiger partial charge in [0.1, 0.15) is 5.69 Å². The normalized spacial score (nSPS) is 11.1. The minimum atomic E-state index is -0.204. The summed E-state index contributed by atoms with van der Waals surface area (Å²) < 4.78 is 3.57. The molecule has 6 heteroatoms. The zero-order valence-corrected chi connectivity index (χ0v) is 13.2. The van der Waals surface area contributed by atoms with Crippen LogP contribution >= 0.6 is 0 Å². The average molecular weight is 297 g/mol. The van der Waals surface area contributed by atoms with Gasteiger partial charge in [0.2, 0.25) is 5.95 Å². The summed E-state index contributed by atoms with van der Waals surface area (Å²) in [5.74, 6) is 0.358. The van der Waals surface area contributed by atoms with Gasteiger partial charge < -0.3 is 4.57 Å². The fourth-order valence-corrected chi connectivity index (χ4v) is 2.64. The number of nitrogens with zero attached hydrogens (tertiary/aromatic N) is 4. The Hall–Kier alpha value is -2.63. The number of aryl methyl sites for hydroxylation is 4. The summed E-state index contributed by atoms with van der Waals surface area (Å²) in [5, 5.41) is 7.09. The SMILES string of the molecule is CCn1c(NC(=O)c2cc(C)nn2C)nc2cc(C)ccc21. The molecular weight excluding hydrogens is 278 g/mol. The van der Waals surface area contributed by atoms with E-state index in [2.05, 4.69) is 15.4 Å². The van der Waals surface area contributed by atoms with Crippen molar-refractivity contribution in [2.45, 2.75) is 27.3 Å². The van der Waals surface area contributed by atoms with Gasteiger partial charge in [-0.3, -0.25) is 14.8 Å². The van der Waals surface area contributed by atoms with Gasteiger partial charge in [-0.15, -0.1) is 0 Å². The number of nitrogens with one attached hydrogen (secondary N) is 1. The second-order valence-electron chi connectivity index (χ2n) is 5.42. The van der Waals surface area contributed by atoms with Gasteiger partial charge in [0.05, 0.1) is 16.7 Å². The van der Waals surface area contributed by atoms with Gasteiger partial charge in [-0.2, -0.15) is 5.10 Å². The van der Waals surface area contributed by atoms with Gasteiger partial charge in [0, 0.05) is 13.6 Å². The number of carbonyl (C=O) groups is 1. The first kappa shape index (κ1) is 14.3. The van der Waals surface area contributed by atoms with Crippen molar-refractivity contribution in [1.29, 1.82) is 0 Å². The van der Waals surface area contributed by atoms with Crippen LogP contribution in [0.15, 0.2) is 24.3 Å². The largest absolute Gasteiger partial charge is 0.310 e. The van der Waals surface area contributed by atoms with E-state index in [-0.39, 0.29) is 5.91 Å². The minimum absolute atomic E-state index is 0.204. The van der Waals surface area contributed by atoms with Crippen molar-refractivity contribution in [3.8, 4) is 0 Å². The van der Waals surface area contributed by atoms with E-state index in [1.165, 1.54) is 0 Å². The number of rotatable bonds is 3. The van der Waals surface area contributed by atoms with Gasteiger partial charge >= 0.3 is 0 Å². The molecule has 0 bridgehead atoms. The van der Waals surface area contributed by atoms with Crippen molar-refractivity contribution in [3.05, 3.63) is 41.2 Å². The summed E-state index contributed by atoms with van der Waals surface area (Å²) in [6.07, 6.45) is 0. The van der Waals surface area contributed by atoms with E-state index in [0.29, 0.717) is 11.6 Å². The fraction of sp³-hybridized carbons (Fsp3) is 0.312. The molecule has 3 aromatic rings. The van der Waals surface area contributed by atoms with Gasteiger partial charge in [-0.1, -0.05) is 6.07 Å². The summed E-state index contributed by atoms with van der Waals surface area (Å²) in [5.41, 5.74) is 4.38. The number of aromatic nitrogens is 4. The number of fused-ring (bicyclic) bond motifs is 1. The van der Waals surface area contributed by atoms with Crippen molar-refractivity contribution < 1.29 is 4.79 Å². The van der Waals surface area contributed by atoms with Gasteiger partial charge in [0.25, 0.3) is 5.91 Å². The highest BCUT2D eigenvalue weighted by atomic mass is 16.2. The quantitative estimate of drug-likeness (QED) is 0.808. The number of hydrogen-bond donors (Lipinski definition) is 1. The molecule has 0 aliphatic heterocycles. The number of carbonyl (C=O) groups excluding carboxylic acids is 1. The summed E-state index contributed by atoms with van der Waals surface area (Å²) in [4.78, 5) is 17.0. The molecule has 0 aliphatic carbocycles. The first-order valence-corrected chi connectivity index (χ1v) is 7.28. The number of hydrogen-bond acceptors (Lipinski definition) is 3. The molecule has 0 spiro atoms. The second-order valence-corrected chi connectivity index (χ2v) is 5.42. The average Bonchev–Trinajstić information content (AvgIpc) is 2.97. The molecule has 114 valence electrons. The summed E-state index contributed by atoms with van der Waals surface area (Å²) in [7, 11) is 1.76. The van der Waals surface area contributed by atoms with Crippen molar-refractivity contribution in [1.82, 2.24) is 19.3 Å². The first-order chi connectivity index (χ1) is 10.5. The van der Waals surface area contributed by atoms with E-state index >= 15 is 0 Å². The maximum absolute atomic E-state index is 12.4. The number of amides is 1. The Kier molecular flexibility index (Phi) is 3.44. The lowest BCUT2D eigenvalue weighted by molar-refractivity contribution is 0.101. The van der Waals surface area contributed by atoms with Crippen molar-refractivity contribution in [3.63, 3.8) is 0 Å². The fourth-order valence-electron chi connectivity index (χ4n) is 2.64. The Bertz CT molecular complexity index is 859. The van der Waals surface area contributed by atoms with E-state index in [9.17, 15) is 4.79 Å². The summed E-state index contributed by atoms with van der Waals surface area (Å²) in [6, 6.07) is 7.86. The topological polar surface area (TPSA) is 64.7 Å². The summed E-state index contributed by atoms with van der Waals surface area (Å²) in [6.45, 7) is 6.66. The van der Waals surface area contributed by atoms with Crippen LogP contribution < -0.4 is 5.32 Å². The molecular formula is C16H19N5O. The van der Waals surface area contributed by atoms with E-state index in [1.807, 2.05) is 43.5 Å². The smallest absolute Gasteiger partial charge is 0.276 e. The molecule has 1 amide bonds. The lowest BCUT2D eigenvalue weighted by Gasteiger charge is -2.07. The molecule has 0 saturated carbocycles. The monoisotopic (exact) mass is 297 g/mol. The number of imidazole rings is 1. The lowest BCUT2D eigenvalue weighted by Crippen LogP contribution is -2.18. The Balaban J connectivity index is 1.99. The highest BCUT2D eigenvalue weighted by molar-refractivity contribution is 6.03. The van der Waals surface area contributed by atoms with Crippen LogP contribution in [0, 0.1) is 13.8 Å². The zero-order chi connectivity index (χ0) is 15.9. The second kappa shape index (κ2) is 5.29. The molecule has 3 rings (SSSR count). The van der Waals surface area contributed by atoms with Crippen LogP contribution in [0.5, 0.6) is 0 Å². The molecule has 0 radical (unpaired) electrons. The lowest BCUT2D eigenvalue weighted by atomic mass is 10.2. The Morgan fingerprint density at radius 3 is 2.68 bits per heavy atom. The van der Waals surface area contributed by atoms with Crippen LogP contribution in [0.1, 0.15) is 28.7 Å². The Morgan fingerprint density at radius 1 is 1.27 bits per heavy atom. The Labute approximate surface area is 128 Å². The highest BCUT2D eigenvalue weighted by Gasteiger charge is 2.16. The van der Waals surface area contributed by atoms with Crippen molar-refractivity contribution in [2.75, 3.05) is 5.32 Å². The molecule has 2 heterocycles. The highest BCUT2D eigenvalue weighted by Crippen LogP contribution is 2.21. The van der Waals surface area contributed by atoms with E-state index in [0.717, 1.165) is 28.8 Å². The summed E-state index contributed by atoms with van der Waals surface area (Å²) >= 11 is 0. The van der Waals surface area contributed by atoms with Crippen LogP contribution in [-0.2, 0) is 13.6 Å². The molecule has 0 saturated heterocycles. The predicted octanol–water partition coefficient (Wildman–Crippen LogP) is 2.66. The van der Waals surface area contributed by atoms with Crippen LogP contribution in [0.4, 0.5) is 5.95 Å². The standard InChI is InChI=1S/C16H19N5O/c1-5-21-13-7-6-10(2)8-12(13)17-16(21)18-15(22)14-9-11(3)19-20(14)4/h6-9H,5H2,1-4H3,(H,17,18,22). The van der Waals surface area contributed by atoms with Gasteiger partial charge in [-0.25, -0.2) is 4.98 Å². The third-order valence-corrected chi connectivity index (χ3v) is 3.68. The molecule has 22 heavy (non-hydrogen) atoms. The number of anilines is 1. The predicted molar refractivity (Wildman–Crippen MR) is 86.0 cm³/mol. The number of benzene rings is 1. The van der Waals surface area contributed by atoms with E-state index in [4.69, 9.17) is 0 Å². The molecule has 0 fully saturated rings. The van der Waals surface area contributed by atoms with Crippen LogP contribution in [0.25, 0.3) is 11.0 Å². The van der Waals surface area contributed by atoms with Crippen LogP contribution in [0.3, 0.4) is 0 Å². The first-order valence-electron chi connectivity index (χ1n) is 7.28. The Morgan fingerprint density at radius 2 is 2.05 bits per heavy atom. The zero-order valence-electron chi connectivity index (χ0n) is 13.2. The minimum Gasteiger partial charge on any atom is -0.310 e.